The molecule has 2 nitrogen and oxygen atoms in total. The fourth-order valence-corrected chi connectivity index (χ4v) is 1.57. The van der Waals surface area contributed by atoms with Gasteiger partial charge in [-0.15, -0.1) is 0 Å². The standard InChI is InChI=1S/C8H14O2/c1-6-4-3-5-7(9)8(6)10-2/h6,8H,3-5H2,1-2H3/t6-,8-/m0/s1. The largest absolute Gasteiger partial charge is 0.373 e. The Hall–Kier alpha value is -0.370. The van der Waals surface area contributed by atoms with Crippen LogP contribution in [0.2, 0.25) is 0 Å². The first-order valence-corrected chi connectivity index (χ1v) is 3.81. The number of hydrogen-bond acceptors (Lipinski definition) is 2. The summed E-state index contributed by atoms with van der Waals surface area (Å²) in [5, 5.41) is 0. The Balaban J connectivity index is 2.53. The summed E-state index contributed by atoms with van der Waals surface area (Å²) in [7, 11) is 1.62. The van der Waals surface area contributed by atoms with E-state index in [2.05, 4.69) is 6.92 Å². The zero-order valence-electron chi connectivity index (χ0n) is 6.59. The molecule has 0 spiro atoms. The van der Waals surface area contributed by atoms with E-state index in [0.717, 1.165) is 12.8 Å². The van der Waals surface area contributed by atoms with Crippen LogP contribution < -0.4 is 0 Å². The van der Waals surface area contributed by atoms with Crippen LogP contribution in [0, 0.1) is 5.92 Å². The molecule has 1 aliphatic carbocycles. The molecule has 58 valence electrons. The fourth-order valence-electron chi connectivity index (χ4n) is 1.57. The summed E-state index contributed by atoms with van der Waals surface area (Å²) >= 11 is 0. The van der Waals surface area contributed by atoms with Gasteiger partial charge in [0, 0.05) is 13.5 Å². The lowest BCUT2D eigenvalue weighted by Gasteiger charge is -2.25. The van der Waals surface area contributed by atoms with Crippen LogP contribution in [0.5, 0.6) is 0 Å². The van der Waals surface area contributed by atoms with Crippen molar-refractivity contribution in [3.8, 4) is 0 Å². The lowest BCUT2D eigenvalue weighted by Crippen LogP contribution is -2.33. The highest BCUT2D eigenvalue weighted by atomic mass is 16.5. The van der Waals surface area contributed by atoms with Crippen molar-refractivity contribution in [3.05, 3.63) is 0 Å². The molecule has 2 atom stereocenters. The van der Waals surface area contributed by atoms with Gasteiger partial charge in [0.05, 0.1) is 0 Å². The molecule has 0 aromatic rings. The Morgan fingerprint density at radius 3 is 2.70 bits per heavy atom. The smallest absolute Gasteiger partial charge is 0.161 e. The molecule has 1 rings (SSSR count). The highest BCUT2D eigenvalue weighted by Crippen LogP contribution is 2.22. The molecule has 0 N–H and O–H groups in total. The lowest BCUT2D eigenvalue weighted by atomic mass is 9.87. The van der Waals surface area contributed by atoms with Crippen LogP contribution in [0.25, 0.3) is 0 Å². The Labute approximate surface area is 61.6 Å². The highest BCUT2D eigenvalue weighted by Gasteiger charge is 2.27. The Kier molecular flexibility index (Phi) is 2.44. The van der Waals surface area contributed by atoms with Crippen LogP contribution in [0.15, 0.2) is 0 Å². The minimum absolute atomic E-state index is 0.117. The summed E-state index contributed by atoms with van der Waals surface area (Å²) < 4.78 is 5.07. The Morgan fingerprint density at radius 1 is 1.60 bits per heavy atom. The molecule has 2 heteroatoms. The van der Waals surface area contributed by atoms with Crippen LogP contribution in [0.3, 0.4) is 0 Å². The van der Waals surface area contributed by atoms with E-state index in [-0.39, 0.29) is 11.9 Å². The summed E-state index contributed by atoms with van der Waals surface area (Å²) in [6.07, 6.45) is 2.76. The summed E-state index contributed by atoms with van der Waals surface area (Å²) in [4.78, 5) is 11.1. The zero-order chi connectivity index (χ0) is 7.56. The molecule has 0 aliphatic heterocycles. The number of rotatable bonds is 1. The van der Waals surface area contributed by atoms with E-state index in [1.54, 1.807) is 7.11 Å². The van der Waals surface area contributed by atoms with Gasteiger partial charge in [0.2, 0.25) is 0 Å². The maximum Gasteiger partial charge on any atom is 0.161 e. The van der Waals surface area contributed by atoms with Crippen LogP contribution in [0.1, 0.15) is 26.2 Å². The van der Waals surface area contributed by atoms with Gasteiger partial charge in [-0.1, -0.05) is 6.92 Å². The number of hydrogen-bond donors (Lipinski definition) is 0. The number of Topliss-reactive ketones (excluding diaryl/α,β-unsaturated/α-hetero) is 1. The Morgan fingerprint density at radius 2 is 2.30 bits per heavy atom. The SMILES string of the molecule is CO[C@@H]1C(=O)CCC[C@@H]1C. The zero-order valence-corrected chi connectivity index (χ0v) is 6.59. The minimum Gasteiger partial charge on any atom is -0.373 e. The van der Waals surface area contributed by atoms with E-state index >= 15 is 0 Å². The lowest BCUT2D eigenvalue weighted by molar-refractivity contribution is -0.134. The van der Waals surface area contributed by atoms with Gasteiger partial charge in [-0.3, -0.25) is 4.79 Å². The minimum atomic E-state index is -0.117. The van der Waals surface area contributed by atoms with Crippen LogP contribution in [0.4, 0.5) is 0 Å². The van der Waals surface area contributed by atoms with Crippen molar-refractivity contribution in [2.45, 2.75) is 32.3 Å². The van der Waals surface area contributed by atoms with Crippen molar-refractivity contribution < 1.29 is 9.53 Å². The maximum absolute atomic E-state index is 11.1. The molecular weight excluding hydrogens is 128 g/mol. The fraction of sp³-hybridized carbons (Fsp3) is 0.875. The second-order valence-electron chi connectivity index (χ2n) is 2.99. The van der Waals surface area contributed by atoms with Gasteiger partial charge in [-0.2, -0.15) is 0 Å². The molecule has 1 fully saturated rings. The maximum atomic E-state index is 11.1. The first kappa shape index (κ1) is 7.73. The first-order chi connectivity index (χ1) is 4.75. The van der Waals surface area contributed by atoms with Gasteiger partial charge in [0.1, 0.15) is 6.10 Å². The molecule has 1 aliphatic rings. The average molecular weight is 142 g/mol. The van der Waals surface area contributed by atoms with E-state index in [1.165, 1.54) is 0 Å². The average Bonchev–Trinajstić information content (AvgIpc) is 1.88. The topological polar surface area (TPSA) is 26.3 Å². The second kappa shape index (κ2) is 3.15. The van der Waals surface area contributed by atoms with E-state index in [9.17, 15) is 4.79 Å². The number of carbonyl (C=O) groups is 1. The van der Waals surface area contributed by atoms with Crippen molar-refractivity contribution in [2.75, 3.05) is 7.11 Å². The third-order valence-corrected chi connectivity index (χ3v) is 2.17. The summed E-state index contributed by atoms with van der Waals surface area (Å²) in [6.45, 7) is 2.07. The van der Waals surface area contributed by atoms with Crippen molar-refractivity contribution in [1.29, 1.82) is 0 Å². The van der Waals surface area contributed by atoms with Crippen molar-refractivity contribution in [2.24, 2.45) is 5.92 Å². The quantitative estimate of drug-likeness (QED) is 0.553. The third kappa shape index (κ3) is 1.37. The molecule has 1 saturated carbocycles. The number of carbonyl (C=O) groups excluding carboxylic acids is 1. The number of ether oxygens (including phenoxy) is 1. The van der Waals surface area contributed by atoms with Gasteiger partial charge in [-0.05, 0) is 18.8 Å². The molecule has 0 amide bonds. The van der Waals surface area contributed by atoms with E-state index in [1.807, 2.05) is 0 Å². The van der Waals surface area contributed by atoms with Gasteiger partial charge in [0.15, 0.2) is 5.78 Å². The molecule has 0 aromatic heterocycles. The predicted octanol–water partition coefficient (Wildman–Crippen LogP) is 1.39. The van der Waals surface area contributed by atoms with E-state index < -0.39 is 0 Å². The van der Waals surface area contributed by atoms with Crippen LogP contribution in [-0.4, -0.2) is 19.0 Å². The first-order valence-electron chi connectivity index (χ1n) is 3.81. The van der Waals surface area contributed by atoms with Gasteiger partial charge < -0.3 is 4.74 Å². The predicted molar refractivity (Wildman–Crippen MR) is 38.8 cm³/mol. The monoisotopic (exact) mass is 142 g/mol. The summed E-state index contributed by atoms with van der Waals surface area (Å²) in [5.74, 6) is 0.701. The van der Waals surface area contributed by atoms with Crippen molar-refractivity contribution in [1.82, 2.24) is 0 Å². The number of methoxy groups -OCH3 is 1. The molecule has 0 heterocycles. The summed E-state index contributed by atoms with van der Waals surface area (Å²) in [6, 6.07) is 0. The third-order valence-electron chi connectivity index (χ3n) is 2.17. The Bertz CT molecular complexity index is 131. The highest BCUT2D eigenvalue weighted by molar-refractivity contribution is 5.84. The molecule has 0 unspecified atom stereocenters. The normalized spacial score (nSPS) is 34.4. The van der Waals surface area contributed by atoms with Gasteiger partial charge in [0.25, 0.3) is 0 Å². The molecule has 0 radical (unpaired) electrons. The molecule has 10 heavy (non-hydrogen) atoms. The molecule has 0 saturated heterocycles. The van der Waals surface area contributed by atoms with Gasteiger partial charge >= 0.3 is 0 Å². The number of ketones is 1. The second-order valence-corrected chi connectivity index (χ2v) is 2.99. The van der Waals surface area contributed by atoms with E-state index in [0.29, 0.717) is 12.3 Å². The molecule has 0 aromatic carbocycles. The summed E-state index contributed by atoms with van der Waals surface area (Å²) in [5.41, 5.74) is 0. The molecular formula is C8H14O2. The van der Waals surface area contributed by atoms with E-state index in [4.69, 9.17) is 4.74 Å². The molecule has 0 bridgehead atoms. The van der Waals surface area contributed by atoms with Crippen molar-refractivity contribution >= 4 is 5.78 Å². The van der Waals surface area contributed by atoms with Crippen LogP contribution >= 0.6 is 0 Å². The van der Waals surface area contributed by atoms with Gasteiger partial charge in [-0.25, -0.2) is 0 Å². The van der Waals surface area contributed by atoms with Crippen LogP contribution in [-0.2, 0) is 9.53 Å². The van der Waals surface area contributed by atoms with Crippen molar-refractivity contribution in [3.63, 3.8) is 0 Å².